The summed E-state index contributed by atoms with van der Waals surface area (Å²) in [6.07, 6.45) is 1.04. The molecule has 7 N–H and O–H groups in total. The van der Waals surface area contributed by atoms with Gasteiger partial charge in [0.05, 0.1) is 48.8 Å². The number of phenolic OH excluding ortho intramolecular Hbond substituents is 1. The Morgan fingerprint density at radius 2 is 1.23 bits per heavy atom. The Morgan fingerprint density at radius 1 is 0.652 bits per heavy atom. The first-order valence-electron chi connectivity index (χ1n) is 18.5. The zero-order valence-corrected chi connectivity index (χ0v) is 36.6. The minimum absolute atomic E-state index is 0.0170. The van der Waals surface area contributed by atoms with E-state index in [2.05, 4.69) is 37.3 Å². The lowest BCUT2D eigenvalue weighted by atomic mass is 10.1. The molecule has 0 heterocycles. The van der Waals surface area contributed by atoms with Gasteiger partial charge in [-0.05, 0) is 96.4 Å². The number of ether oxygens (including phenoxy) is 2. The number of rotatable bonds is 15. The zero-order valence-electron chi connectivity index (χ0n) is 33.3. The van der Waals surface area contributed by atoms with Crippen LogP contribution in [0.5, 0.6) is 11.5 Å². The van der Waals surface area contributed by atoms with Gasteiger partial charge in [0, 0.05) is 33.0 Å². The smallest absolute Gasteiger partial charge is 0.330 e. The molecule has 7 rings (SSSR count). The topological polar surface area (TPSA) is 339 Å². The number of nitrogens with two attached hydrogens (primary N) is 1. The second-order valence-electron chi connectivity index (χ2n) is 13.6. The molecule has 7 aromatic carbocycles. The monoisotopic (exact) mass is 973 g/mol. The van der Waals surface area contributed by atoms with Crippen molar-refractivity contribution in [3.05, 3.63) is 116 Å². The van der Waals surface area contributed by atoms with Gasteiger partial charge in [0.25, 0.3) is 20.2 Å². The highest BCUT2D eigenvalue weighted by Crippen LogP contribution is 2.44. The zero-order chi connectivity index (χ0) is 47.5. The molecule has 66 heavy (non-hydrogen) atoms. The summed E-state index contributed by atoms with van der Waals surface area (Å²) in [5.74, 6) is -0.912. The molecule has 25 heteroatoms. The van der Waals surface area contributed by atoms with Crippen LogP contribution >= 0.6 is 0 Å². The van der Waals surface area contributed by atoms with Crippen molar-refractivity contribution in [1.29, 1.82) is 0 Å². The molecule has 0 aliphatic carbocycles. The molecular formula is C41H31N7O14S4. The maximum Gasteiger partial charge on any atom is 0.330 e. The number of benzene rings is 7. The van der Waals surface area contributed by atoms with Crippen LogP contribution in [0.1, 0.15) is 0 Å². The van der Waals surface area contributed by atoms with Crippen molar-refractivity contribution in [2.45, 2.75) is 19.6 Å². The molecule has 2 unspecified atom stereocenters. The average molecular weight is 974 g/mol. The predicted octanol–water partition coefficient (Wildman–Crippen LogP) is 9.44. The molecule has 2 atom stereocenters. The van der Waals surface area contributed by atoms with E-state index in [1.54, 1.807) is 30.3 Å². The van der Waals surface area contributed by atoms with Crippen LogP contribution in [0.25, 0.3) is 32.3 Å². The molecule has 0 spiro atoms. The Bertz CT molecular complexity index is 3510. The number of esters is 1. The number of nitrogens with zero attached hydrogens (tertiary/aromatic N) is 6. The van der Waals surface area contributed by atoms with Gasteiger partial charge >= 0.3 is 5.97 Å². The van der Waals surface area contributed by atoms with E-state index in [0.717, 1.165) is 24.3 Å². The molecule has 7 aromatic rings. The minimum atomic E-state index is -5.11. The predicted molar refractivity (Wildman–Crippen MR) is 241 cm³/mol. The maximum atomic E-state index is 12.5. The summed E-state index contributed by atoms with van der Waals surface area (Å²) in [4.78, 5) is 9.46. The number of hydrogen-bond acceptors (Lipinski definition) is 17. The number of hydrogen-bond donors (Lipinski definition) is 6. The summed E-state index contributed by atoms with van der Waals surface area (Å²) < 4.78 is 123. The normalized spacial score (nSPS) is 13.3. The fraction of sp³-hybridized carbons (Fsp3) is 0.0488. The second kappa shape index (κ2) is 19.1. The molecule has 0 bridgehead atoms. The maximum absolute atomic E-state index is 12.5. The van der Waals surface area contributed by atoms with Crippen LogP contribution in [0, 0.1) is 0 Å². The minimum Gasteiger partial charge on any atom is -0.505 e. The molecule has 0 aliphatic rings. The molecule has 0 aliphatic heterocycles. The standard InChI is InChI=1S/C41H31N7O14S4/c1-2-39(49)62-16-15-61-24-5-3-23(4-6-24)43-44-33-11-14-36(31-20-26(65(55,56)57)8-10-28(31)33)46-45-34-12-13-35(30-19-25(63(51)52)7-9-27(30)34)47-48-40-38(66(58,59)60)18-22-17-37(64(53)54)32(42)21-29(22)41(40)50/h2-14,17-21,50H,1,15-16,42H2,(H,51,52)(H,53,54)(H,55,56,57)(H,58,59,60)/b44-43+,46-45+,48-47+. The number of carbonyl (C=O) groups is 1. The van der Waals surface area contributed by atoms with E-state index in [9.17, 15) is 53.4 Å². The summed E-state index contributed by atoms with van der Waals surface area (Å²) >= 11 is -5.09. The average Bonchev–Trinajstić information content (AvgIpc) is 3.28. The third-order valence-corrected chi connectivity index (χ3v) is 12.5. The first kappa shape index (κ1) is 46.8. The molecule has 0 saturated heterocycles. The molecule has 0 radical (unpaired) electrons. The molecule has 338 valence electrons. The van der Waals surface area contributed by atoms with E-state index in [-0.39, 0.29) is 78.4 Å². The van der Waals surface area contributed by atoms with Gasteiger partial charge in [-0.25, -0.2) is 13.2 Å². The van der Waals surface area contributed by atoms with Crippen LogP contribution in [-0.2, 0) is 51.9 Å². The highest BCUT2D eigenvalue weighted by atomic mass is 32.2. The van der Waals surface area contributed by atoms with Crippen LogP contribution in [0.3, 0.4) is 0 Å². The number of phenols is 1. The quantitative estimate of drug-likeness (QED) is 0.0106. The second-order valence-corrected chi connectivity index (χ2v) is 18.3. The summed E-state index contributed by atoms with van der Waals surface area (Å²) in [7, 11) is -9.80. The molecule has 0 saturated carbocycles. The number of aromatic hydroxyl groups is 1. The van der Waals surface area contributed by atoms with E-state index in [1.807, 2.05) is 0 Å². The summed E-state index contributed by atoms with van der Waals surface area (Å²) in [5, 5.41) is 37.3. The Labute approximate surface area is 378 Å². The Hall–Kier alpha value is -7.23. The highest BCUT2D eigenvalue weighted by molar-refractivity contribution is 7.86. The van der Waals surface area contributed by atoms with Gasteiger partial charge in [-0.2, -0.15) is 21.9 Å². The van der Waals surface area contributed by atoms with Crippen molar-refractivity contribution >= 4 is 120 Å². The number of anilines is 1. The van der Waals surface area contributed by atoms with E-state index in [4.69, 9.17) is 15.2 Å². The van der Waals surface area contributed by atoms with E-state index in [1.165, 1.54) is 54.6 Å². The van der Waals surface area contributed by atoms with Crippen LogP contribution in [-0.4, -0.2) is 67.8 Å². The summed E-state index contributed by atoms with van der Waals surface area (Å²) in [6.45, 7) is 3.44. The van der Waals surface area contributed by atoms with E-state index >= 15 is 0 Å². The number of fused-ring (bicyclic) bond motifs is 3. The van der Waals surface area contributed by atoms with Gasteiger partial charge in [0.2, 0.25) is 0 Å². The summed E-state index contributed by atoms with van der Waals surface area (Å²) in [6, 6.07) is 23.1. The van der Waals surface area contributed by atoms with Crippen molar-refractivity contribution in [3.8, 4) is 11.5 Å². The van der Waals surface area contributed by atoms with Crippen LogP contribution in [0.15, 0.2) is 166 Å². The van der Waals surface area contributed by atoms with Crippen molar-refractivity contribution in [2.24, 2.45) is 30.7 Å². The third kappa shape index (κ3) is 10.3. The lowest BCUT2D eigenvalue weighted by Gasteiger charge is -2.11. The Kier molecular flexibility index (Phi) is 13.5. The Morgan fingerprint density at radius 3 is 1.80 bits per heavy atom. The first-order valence-corrected chi connectivity index (χ1v) is 23.6. The third-order valence-electron chi connectivity index (χ3n) is 9.43. The molecule has 0 fully saturated rings. The molecular weight excluding hydrogens is 943 g/mol. The highest BCUT2D eigenvalue weighted by Gasteiger charge is 2.24. The van der Waals surface area contributed by atoms with Gasteiger partial charge in [-0.15, -0.1) is 25.6 Å². The van der Waals surface area contributed by atoms with Gasteiger partial charge in [0.15, 0.2) is 27.9 Å². The van der Waals surface area contributed by atoms with Crippen LogP contribution in [0.4, 0.5) is 39.8 Å². The number of carbonyl (C=O) groups excluding carboxylic acids is 1. The van der Waals surface area contributed by atoms with Gasteiger partial charge in [0.1, 0.15) is 29.5 Å². The number of nitrogen functional groups attached to an aromatic ring is 1. The molecule has 0 aromatic heterocycles. The Balaban J connectivity index is 1.26. The van der Waals surface area contributed by atoms with Gasteiger partial charge in [-0.3, -0.25) is 9.11 Å². The molecule has 0 amide bonds. The van der Waals surface area contributed by atoms with Crippen LogP contribution in [0.2, 0.25) is 0 Å². The lowest BCUT2D eigenvalue weighted by molar-refractivity contribution is -0.138. The van der Waals surface area contributed by atoms with E-state index in [0.29, 0.717) is 16.8 Å². The van der Waals surface area contributed by atoms with Gasteiger partial charge in [-0.1, -0.05) is 18.7 Å². The fourth-order valence-electron chi connectivity index (χ4n) is 6.34. The van der Waals surface area contributed by atoms with E-state index < -0.39 is 69.6 Å². The number of azo groups is 3. The van der Waals surface area contributed by atoms with Crippen molar-refractivity contribution in [2.75, 3.05) is 18.9 Å². The lowest BCUT2D eigenvalue weighted by Crippen LogP contribution is -2.09. The largest absolute Gasteiger partial charge is 0.505 e. The van der Waals surface area contributed by atoms with Crippen molar-refractivity contribution in [3.63, 3.8) is 0 Å². The van der Waals surface area contributed by atoms with Crippen LogP contribution < -0.4 is 10.5 Å². The summed E-state index contributed by atoms with van der Waals surface area (Å²) in [5.41, 5.74) is 5.85. The van der Waals surface area contributed by atoms with Crippen molar-refractivity contribution < 1.29 is 62.8 Å². The van der Waals surface area contributed by atoms with Gasteiger partial charge < -0.3 is 29.4 Å². The molecule has 21 nitrogen and oxygen atoms in total. The fourth-order valence-corrected chi connectivity index (χ4v) is 8.39. The first-order chi connectivity index (χ1) is 31.3. The van der Waals surface area contributed by atoms with Crippen molar-refractivity contribution in [1.82, 2.24) is 0 Å². The SMILES string of the molecule is C=CC(=O)OCCOc1ccc(/N=N/c2ccc(/N=N/c3ccc(/N=N/c4c(S(=O)(=O)O)cc5cc(S(=O)O)c(N)cc5c4O)c4cc(S(=O)O)ccc34)c3cc(S(=O)(=O)O)ccc23)cc1.